The number of aliphatic hydroxyl groups excluding tert-OH is 1. The molecule has 0 saturated carbocycles. The molecule has 0 saturated heterocycles. The van der Waals surface area contributed by atoms with E-state index in [2.05, 4.69) is 17.2 Å². The number of aliphatic hydroxyl groups is 1. The lowest BCUT2D eigenvalue weighted by atomic mass is 10.1. The van der Waals surface area contributed by atoms with Crippen molar-refractivity contribution in [1.29, 1.82) is 0 Å². The van der Waals surface area contributed by atoms with Crippen LogP contribution in [0.15, 0.2) is 18.2 Å². The Hall–Kier alpha value is -1.71. The quantitative estimate of drug-likeness (QED) is 0.803. The van der Waals surface area contributed by atoms with Gasteiger partial charge in [0.2, 0.25) is 0 Å². The second-order valence-electron chi connectivity index (χ2n) is 4.17. The van der Waals surface area contributed by atoms with Crippen LogP contribution in [0.5, 0.6) is 0 Å². The summed E-state index contributed by atoms with van der Waals surface area (Å²) in [6.45, 7) is 1.66. The lowest BCUT2D eigenvalue weighted by molar-refractivity contribution is 0.0953. The van der Waals surface area contributed by atoms with Gasteiger partial charge in [-0.1, -0.05) is 11.8 Å². The fraction of sp³-hybridized carbons (Fsp3) is 0.357. The van der Waals surface area contributed by atoms with E-state index in [1.807, 2.05) is 0 Å². The Morgan fingerprint density at radius 2 is 2.25 bits per heavy atom. The molecule has 20 heavy (non-hydrogen) atoms. The molecule has 0 aliphatic heterocycles. The predicted molar refractivity (Wildman–Crippen MR) is 76.2 cm³/mol. The highest BCUT2D eigenvalue weighted by Gasteiger charge is 2.11. The highest BCUT2D eigenvalue weighted by Crippen LogP contribution is 2.09. The van der Waals surface area contributed by atoms with Gasteiger partial charge in [-0.05, 0) is 25.1 Å². The second kappa shape index (κ2) is 7.78. The van der Waals surface area contributed by atoms with E-state index >= 15 is 0 Å². The van der Waals surface area contributed by atoms with Crippen LogP contribution in [-0.2, 0) is 10.8 Å². The smallest absolute Gasteiger partial charge is 0.251 e. The van der Waals surface area contributed by atoms with Gasteiger partial charge in [0.05, 0.1) is 5.56 Å². The van der Waals surface area contributed by atoms with Gasteiger partial charge in [0.25, 0.3) is 5.91 Å². The molecule has 108 valence electrons. The van der Waals surface area contributed by atoms with Gasteiger partial charge >= 0.3 is 0 Å². The minimum atomic E-state index is -1.03. The summed E-state index contributed by atoms with van der Waals surface area (Å²) in [6, 6.07) is 3.92. The first-order valence-corrected chi connectivity index (χ1v) is 7.57. The monoisotopic (exact) mass is 297 g/mol. The zero-order valence-electron chi connectivity index (χ0n) is 11.3. The van der Waals surface area contributed by atoms with E-state index < -0.39 is 22.5 Å². The van der Waals surface area contributed by atoms with Crippen LogP contribution in [0.2, 0.25) is 0 Å². The second-order valence-corrected chi connectivity index (χ2v) is 5.98. The van der Waals surface area contributed by atoms with Crippen LogP contribution in [0.3, 0.4) is 0 Å². The summed E-state index contributed by atoms with van der Waals surface area (Å²) in [5.74, 6) is 3.74. The van der Waals surface area contributed by atoms with Crippen molar-refractivity contribution in [3.8, 4) is 11.8 Å². The van der Waals surface area contributed by atoms with Crippen LogP contribution in [0.1, 0.15) is 22.8 Å². The molecule has 0 radical (unpaired) electrons. The summed E-state index contributed by atoms with van der Waals surface area (Å²) >= 11 is 0. The number of carbonyl (C=O) groups excluding carboxylic acids is 1. The standard InChI is InChI=1S/C14H16FNO3S/c1-10(20(2)19)9-16-14(18)12-6-5-11(4-3-7-17)13(15)8-12/h5-6,8,10,17H,7,9H2,1-2H3,(H,16,18). The molecule has 6 heteroatoms. The maximum atomic E-state index is 13.6. The molecule has 0 spiro atoms. The lowest BCUT2D eigenvalue weighted by Gasteiger charge is -2.10. The highest BCUT2D eigenvalue weighted by molar-refractivity contribution is 7.84. The molecule has 1 aromatic rings. The predicted octanol–water partition coefficient (Wildman–Crippen LogP) is 0.666. The van der Waals surface area contributed by atoms with Crippen molar-refractivity contribution in [3.05, 3.63) is 35.1 Å². The Bertz CT molecular complexity index is 578. The molecular formula is C14H16FNO3S. The van der Waals surface area contributed by atoms with Gasteiger partial charge in [0.1, 0.15) is 12.4 Å². The average Bonchev–Trinajstić information content (AvgIpc) is 2.42. The van der Waals surface area contributed by atoms with Gasteiger partial charge < -0.3 is 10.4 Å². The van der Waals surface area contributed by atoms with Crippen LogP contribution in [0.25, 0.3) is 0 Å². The normalized spacial score (nSPS) is 13.0. The Labute approximate surface area is 119 Å². The van der Waals surface area contributed by atoms with Crippen molar-refractivity contribution in [3.63, 3.8) is 0 Å². The van der Waals surface area contributed by atoms with Gasteiger partial charge in [0, 0.05) is 34.4 Å². The molecule has 1 amide bonds. The molecule has 2 unspecified atom stereocenters. The maximum Gasteiger partial charge on any atom is 0.251 e. The molecule has 0 aromatic heterocycles. The van der Waals surface area contributed by atoms with Crippen LogP contribution in [-0.4, -0.2) is 39.9 Å². The molecule has 0 fully saturated rings. The third-order valence-corrected chi connectivity index (χ3v) is 3.95. The van der Waals surface area contributed by atoms with E-state index in [-0.39, 0.29) is 29.5 Å². The van der Waals surface area contributed by atoms with Crippen LogP contribution < -0.4 is 5.32 Å². The van der Waals surface area contributed by atoms with Gasteiger partial charge in [0.15, 0.2) is 0 Å². The molecule has 0 aliphatic rings. The fourth-order valence-electron chi connectivity index (χ4n) is 1.35. The lowest BCUT2D eigenvalue weighted by Crippen LogP contribution is -2.32. The van der Waals surface area contributed by atoms with Crippen molar-refractivity contribution in [2.45, 2.75) is 12.2 Å². The molecule has 1 rings (SSSR count). The van der Waals surface area contributed by atoms with Crippen molar-refractivity contribution in [1.82, 2.24) is 5.32 Å². The number of amides is 1. The van der Waals surface area contributed by atoms with Gasteiger partial charge in [-0.15, -0.1) is 0 Å². The Morgan fingerprint density at radius 1 is 1.55 bits per heavy atom. The molecule has 0 bridgehead atoms. The number of hydrogen-bond acceptors (Lipinski definition) is 3. The summed E-state index contributed by atoms with van der Waals surface area (Å²) in [4.78, 5) is 11.8. The van der Waals surface area contributed by atoms with E-state index in [9.17, 15) is 13.4 Å². The Morgan fingerprint density at radius 3 is 2.80 bits per heavy atom. The van der Waals surface area contributed by atoms with Gasteiger partial charge in [-0.3, -0.25) is 9.00 Å². The first kappa shape index (κ1) is 16.3. The van der Waals surface area contributed by atoms with E-state index in [0.717, 1.165) is 6.07 Å². The highest BCUT2D eigenvalue weighted by atomic mass is 32.2. The number of benzene rings is 1. The van der Waals surface area contributed by atoms with Crippen molar-refractivity contribution in [2.24, 2.45) is 0 Å². The molecule has 0 heterocycles. The van der Waals surface area contributed by atoms with Gasteiger partial charge in [-0.2, -0.15) is 0 Å². The van der Waals surface area contributed by atoms with Crippen LogP contribution >= 0.6 is 0 Å². The number of rotatable bonds is 4. The van der Waals surface area contributed by atoms with Crippen molar-refractivity contribution in [2.75, 3.05) is 19.4 Å². The van der Waals surface area contributed by atoms with Gasteiger partial charge in [-0.25, -0.2) is 4.39 Å². The minimum Gasteiger partial charge on any atom is -0.384 e. The molecule has 4 nitrogen and oxygen atoms in total. The maximum absolute atomic E-state index is 13.6. The van der Waals surface area contributed by atoms with Crippen LogP contribution in [0.4, 0.5) is 4.39 Å². The fourth-order valence-corrected chi connectivity index (χ4v) is 1.67. The molecule has 2 atom stereocenters. The molecular weight excluding hydrogens is 281 g/mol. The van der Waals surface area contributed by atoms with Crippen molar-refractivity contribution >= 4 is 16.7 Å². The van der Waals surface area contributed by atoms with E-state index in [1.54, 1.807) is 13.2 Å². The van der Waals surface area contributed by atoms with Crippen LogP contribution in [0, 0.1) is 17.7 Å². The first-order chi connectivity index (χ1) is 9.45. The van der Waals surface area contributed by atoms with E-state index in [1.165, 1.54) is 12.1 Å². The Kier molecular flexibility index (Phi) is 6.36. The summed E-state index contributed by atoms with van der Waals surface area (Å²) < 4.78 is 24.8. The first-order valence-electron chi connectivity index (χ1n) is 5.95. The molecule has 2 N–H and O–H groups in total. The molecule has 1 aromatic carbocycles. The zero-order valence-corrected chi connectivity index (χ0v) is 12.1. The average molecular weight is 297 g/mol. The third-order valence-electron chi connectivity index (χ3n) is 2.65. The van der Waals surface area contributed by atoms with E-state index in [4.69, 9.17) is 5.11 Å². The number of nitrogens with one attached hydrogen (secondary N) is 1. The summed E-state index contributed by atoms with van der Waals surface area (Å²) in [5, 5.41) is 11.0. The summed E-state index contributed by atoms with van der Waals surface area (Å²) in [6.07, 6.45) is 1.56. The number of halogens is 1. The SMILES string of the molecule is CC(CNC(=O)c1ccc(C#CCO)c(F)c1)S(C)=O. The topological polar surface area (TPSA) is 66.4 Å². The number of carbonyl (C=O) groups is 1. The molecule has 0 aliphatic carbocycles. The Balaban J connectivity index is 2.75. The summed E-state index contributed by atoms with van der Waals surface area (Å²) in [5.41, 5.74) is 0.296. The van der Waals surface area contributed by atoms with E-state index in [0.29, 0.717) is 0 Å². The zero-order chi connectivity index (χ0) is 15.1. The summed E-state index contributed by atoms with van der Waals surface area (Å²) in [7, 11) is -1.03. The van der Waals surface area contributed by atoms with Crippen molar-refractivity contribution < 1.29 is 18.5 Å². The third kappa shape index (κ3) is 4.76. The largest absolute Gasteiger partial charge is 0.384 e. The minimum absolute atomic E-state index is 0.124. The number of hydrogen-bond donors (Lipinski definition) is 2.